The summed E-state index contributed by atoms with van der Waals surface area (Å²) in [5.74, 6) is -1.39. The van der Waals surface area contributed by atoms with E-state index in [-0.39, 0.29) is 22.4 Å². The van der Waals surface area contributed by atoms with Crippen LogP contribution >= 0.6 is 0 Å². The van der Waals surface area contributed by atoms with Crippen LogP contribution in [0.5, 0.6) is 0 Å². The summed E-state index contributed by atoms with van der Waals surface area (Å²) >= 11 is 0. The summed E-state index contributed by atoms with van der Waals surface area (Å²) in [4.78, 5) is 25.4. The van der Waals surface area contributed by atoms with E-state index in [2.05, 4.69) is 5.92 Å². The number of fused-ring (bicyclic) bond motifs is 1. The highest BCUT2D eigenvalue weighted by atomic mass is 19.2. The van der Waals surface area contributed by atoms with E-state index in [1.807, 2.05) is 0 Å². The quantitative estimate of drug-likeness (QED) is 0.596. The van der Waals surface area contributed by atoms with Crippen molar-refractivity contribution in [1.29, 1.82) is 0 Å². The van der Waals surface area contributed by atoms with E-state index in [0.717, 1.165) is 17.0 Å². The first-order valence-electron chi connectivity index (χ1n) is 5.98. The third-order valence-corrected chi connectivity index (χ3v) is 3.23. The van der Waals surface area contributed by atoms with Crippen molar-refractivity contribution in [2.75, 3.05) is 4.90 Å². The zero-order valence-corrected chi connectivity index (χ0v) is 10.6. The molecule has 102 valence electrons. The minimum Gasteiger partial charge on any atom is -0.268 e. The molecule has 0 saturated heterocycles. The van der Waals surface area contributed by atoms with Crippen LogP contribution in [0, 0.1) is 24.0 Å². The maximum absolute atomic E-state index is 13.4. The molecule has 0 unspecified atom stereocenters. The van der Waals surface area contributed by atoms with Crippen molar-refractivity contribution in [3.8, 4) is 12.3 Å². The number of halogens is 2. The molecule has 21 heavy (non-hydrogen) atoms. The monoisotopic (exact) mass is 283 g/mol. The number of carbonyl (C=O) groups is 2. The molecule has 0 atom stereocenters. The lowest BCUT2D eigenvalue weighted by Gasteiger charge is -2.16. The highest BCUT2D eigenvalue weighted by Crippen LogP contribution is 2.31. The van der Waals surface area contributed by atoms with Crippen LogP contribution in [0.25, 0.3) is 0 Å². The maximum atomic E-state index is 13.4. The van der Waals surface area contributed by atoms with E-state index in [1.54, 1.807) is 12.1 Å². The number of terminal acetylenes is 1. The van der Waals surface area contributed by atoms with E-state index in [4.69, 9.17) is 6.42 Å². The Bertz CT molecular complexity index is 802. The molecule has 2 amide bonds. The van der Waals surface area contributed by atoms with Gasteiger partial charge in [-0.1, -0.05) is 18.1 Å². The molecule has 0 N–H and O–H groups in total. The lowest BCUT2D eigenvalue weighted by Crippen LogP contribution is -2.30. The molecule has 2 aromatic carbocycles. The van der Waals surface area contributed by atoms with Crippen molar-refractivity contribution in [3.63, 3.8) is 0 Å². The second kappa shape index (κ2) is 4.53. The number of carbonyl (C=O) groups excluding carboxylic acids is 2. The van der Waals surface area contributed by atoms with E-state index in [1.165, 1.54) is 12.1 Å². The van der Waals surface area contributed by atoms with Crippen LogP contribution in [0.1, 0.15) is 26.3 Å². The molecule has 0 radical (unpaired) electrons. The average molecular weight is 283 g/mol. The van der Waals surface area contributed by atoms with Crippen LogP contribution in [0.15, 0.2) is 36.4 Å². The van der Waals surface area contributed by atoms with Gasteiger partial charge >= 0.3 is 0 Å². The van der Waals surface area contributed by atoms with Gasteiger partial charge in [-0.2, -0.15) is 0 Å². The summed E-state index contributed by atoms with van der Waals surface area (Å²) in [6, 6.07) is 7.75. The van der Waals surface area contributed by atoms with Gasteiger partial charge in [0, 0.05) is 6.07 Å². The SMILES string of the molecule is C#Cc1cc(F)c(F)cc1N1C(=O)c2ccccc2C1=O. The standard InChI is InChI=1S/C16H7F2NO2/c1-2-9-7-12(17)13(18)8-14(9)19-15(20)10-5-3-4-6-11(10)16(19)21/h1,3-8H. The van der Waals surface area contributed by atoms with E-state index in [0.29, 0.717) is 0 Å². The van der Waals surface area contributed by atoms with Gasteiger partial charge < -0.3 is 0 Å². The number of nitrogens with zero attached hydrogens (tertiary/aromatic N) is 1. The van der Waals surface area contributed by atoms with Gasteiger partial charge in [0.2, 0.25) is 0 Å². The zero-order valence-electron chi connectivity index (χ0n) is 10.6. The summed E-state index contributed by atoms with van der Waals surface area (Å²) in [5.41, 5.74) is 0.205. The Labute approximate surface area is 118 Å². The molecular weight excluding hydrogens is 276 g/mol. The van der Waals surface area contributed by atoms with E-state index < -0.39 is 23.4 Å². The first-order chi connectivity index (χ1) is 10.0. The average Bonchev–Trinajstić information content (AvgIpc) is 2.74. The van der Waals surface area contributed by atoms with Gasteiger partial charge in [0.25, 0.3) is 11.8 Å². The van der Waals surface area contributed by atoms with Crippen molar-refractivity contribution in [2.24, 2.45) is 0 Å². The number of benzene rings is 2. The molecular formula is C16H7F2NO2. The highest BCUT2D eigenvalue weighted by Gasteiger charge is 2.37. The summed E-state index contributed by atoms with van der Waals surface area (Å²) < 4.78 is 26.7. The number of hydrogen-bond acceptors (Lipinski definition) is 2. The van der Waals surface area contributed by atoms with Gasteiger partial charge in [0.1, 0.15) is 0 Å². The smallest absolute Gasteiger partial charge is 0.266 e. The lowest BCUT2D eigenvalue weighted by molar-refractivity contribution is 0.0926. The van der Waals surface area contributed by atoms with Crippen molar-refractivity contribution >= 4 is 17.5 Å². The van der Waals surface area contributed by atoms with Crippen molar-refractivity contribution in [1.82, 2.24) is 0 Å². The molecule has 0 bridgehead atoms. The predicted molar refractivity (Wildman–Crippen MR) is 71.9 cm³/mol. The number of rotatable bonds is 1. The normalized spacial score (nSPS) is 13.3. The van der Waals surface area contributed by atoms with Crippen LogP contribution in [0.2, 0.25) is 0 Å². The van der Waals surface area contributed by atoms with Crippen LogP contribution in [0.3, 0.4) is 0 Å². The molecule has 1 aliphatic heterocycles. The largest absolute Gasteiger partial charge is 0.268 e. The summed E-state index contributed by atoms with van der Waals surface area (Å²) in [7, 11) is 0. The Hall–Kier alpha value is -3.00. The second-order valence-corrected chi connectivity index (χ2v) is 4.42. The molecule has 3 nitrogen and oxygen atoms in total. The van der Waals surface area contributed by atoms with Crippen LogP contribution in [0.4, 0.5) is 14.5 Å². The lowest BCUT2D eigenvalue weighted by atomic mass is 10.1. The second-order valence-electron chi connectivity index (χ2n) is 4.42. The minimum absolute atomic E-state index is 0.0663. The van der Waals surface area contributed by atoms with Gasteiger partial charge in [-0.3, -0.25) is 9.59 Å². The molecule has 2 aromatic rings. The van der Waals surface area contributed by atoms with Gasteiger partial charge in [-0.05, 0) is 18.2 Å². The first-order valence-corrected chi connectivity index (χ1v) is 5.98. The Morgan fingerprint density at radius 3 is 2.00 bits per heavy atom. The Kier molecular flexibility index (Phi) is 2.80. The first kappa shape index (κ1) is 13.0. The van der Waals surface area contributed by atoms with Gasteiger partial charge in [-0.15, -0.1) is 6.42 Å². The third kappa shape index (κ3) is 1.81. The van der Waals surface area contributed by atoms with Gasteiger partial charge in [-0.25, -0.2) is 13.7 Å². The fourth-order valence-electron chi connectivity index (χ4n) is 2.24. The van der Waals surface area contributed by atoms with Crippen molar-refractivity contribution in [2.45, 2.75) is 0 Å². The number of hydrogen-bond donors (Lipinski definition) is 0. The van der Waals surface area contributed by atoms with Crippen LogP contribution < -0.4 is 4.90 Å². The van der Waals surface area contributed by atoms with E-state index in [9.17, 15) is 18.4 Å². The molecule has 1 aliphatic rings. The maximum Gasteiger partial charge on any atom is 0.266 e. The van der Waals surface area contributed by atoms with Crippen molar-refractivity contribution < 1.29 is 18.4 Å². The summed E-state index contributed by atoms with van der Waals surface area (Å²) in [6.07, 6.45) is 5.24. The Morgan fingerprint density at radius 1 is 0.952 bits per heavy atom. The van der Waals surface area contributed by atoms with Crippen molar-refractivity contribution in [3.05, 3.63) is 64.7 Å². The third-order valence-electron chi connectivity index (χ3n) is 3.23. The number of anilines is 1. The van der Waals surface area contributed by atoms with Crippen LogP contribution in [-0.2, 0) is 0 Å². The van der Waals surface area contributed by atoms with Gasteiger partial charge in [0.05, 0.1) is 22.4 Å². The van der Waals surface area contributed by atoms with E-state index >= 15 is 0 Å². The summed E-state index contributed by atoms with van der Waals surface area (Å²) in [5, 5.41) is 0. The predicted octanol–water partition coefficient (Wildman–Crippen LogP) is 2.75. The molecule has 5 heteroatoms. The van der Waals surface area contributed by atoms with Gasteiger partial charge in [0.15, 0.2) is 11.6 Å². The molecule has 0 fully saturated rings. The molecule has 1 heterocycles. The number of imide groups is 1. The number of amides is 2. The molecule has 0 aliphatic carbocycles. The topological polar surface area (TPSA) is 37.4 Å². The minimum atomic E-state index is -1.18. The fourth-order valence-corrected chi connectivity index (χ4v) is 2.24. The highest BCUT2D eigenvalue weighted by molar-refractivity contribution is 6.34. The van der Waals surface area contributed by atoms with Crippen LogP contribution in [-0.4, -0.2) is 11.8 Å². The fraction of sp³-hybridized carbons (Fsp3) is 0. The molecule has 0 spiro atoms. The Morgan fingerprint density at radius 2 is 1.48 bits per heavy atom. The Balaban J connectivity index is 2.20. The zero-order chi connectivity index (χ0) is 15.1. The molecule has 3 rings (SSSR count). The molecule has 0 saturated carbocycles. The summed E-state index contributed by atoms with van der Waals surface area (Å²) in [6.45, 7) is 0. The molecule has 0 aromatic heterocycles.